The summed E-state index contributed by atoms with van der Waals surface area (Å²) in [6.07, 6.45) is -0.612. The molecule has 0 spiro atoms. The number of aliphatic hydroxyl groups excluding tert-OH is 1. The second-order valence-corrected chi connectivity index (χ2v) is 8.86. The summed E-state index contributed by atoms with van der Waals surface area (Å²) in [7, 11) is 1.64. The van der Waals surface area contributed by atoms with Crippen LogP contribution in [0.2, 0.25) is 0 Å². The Balaban J connectivity index is 1.69. The van der Waals surface area contributed by atoms with Gasteiger partial charge in [-0.05, 0) is 55.8 Å². The molecule has 4 aromatic rings. The molecule has 0 saturated carbocycles. The van der Waals surface area contributed by atoms with E-state index in [1.165, 1.54) is 0 Å². The number of benzene rings is 3. The van der Waals surface area contributed by atoms with Crippen molar-refractivity contribution in [2.75, 3.05) is 26.9 Å². The second kappa shape index (κ2) is 13.1. The van der Waals surface area contributed by atoms with Gasteiger partial charge in [-0.3, -0.25) is 4.90 Å². The van der Waals surface area contributed by atoms with Gasteiger partial charge in [0.1, 0.15) is 11.5 Å². The number of aryl methyl sites for hydroxylation is 1. The fourth-order valence-corrected chi connectivity index (χ4v) is 4.18. The molecule has 7 heteroatoms. The average Bonchev–Trinajstić information content (AvgIpc) is 3.23. The zero-order chi connectivity index (χ0) is 26.0. The predicted octanol–water partition coefficient (Wildman–Crippen LogP) is 5.38. The normalized spacial score (nSPS) is 12.0. The molecule has 0 fully saturated rings. The van der Waals surface area contributed by atoms with Gasteiger partial charge in [-0.15, -0.1) is 0 Å². The van der Waals surface area contributed by atoms with E-state index < -0.39 is 6.10 Å². The summed E-state index contributed by atoms with van der Waals surface area (Å²) in [5.41, 5.74) is 3.90. The van der Waals surface area contributed by atoms with Gasteiger partial charge in [0.05, 0.1) is 36.8 Å². The molecule has 0 aliphatic rings. The van der Waals surface area contributed by atoms with Gasteiger partial charge in [-0.25, -0.2) is 4.68 Å². The van der Waals surface area contributed by atoms with E-state index in [0.717, 1.165) is 28.3 Å². The molecular weight excluding hydrogens is 466 g/mol. The summed E-state index contributed by atoms with van der Waals surface area (Å²) in [4.78, 5) is 2.21. The minimum absolute atomic E-state index is 0.291. The Kier molecular flexibility index (Phi) is 9.32. The molecule has 1 aromatic heterocycles. The average molecular weight is 502 g/mol. The summed E-state index contributed by atoms with van der Waals surface area (Å²) in [6.45, 7) is 6.44. The van der Waals surface area contributed by atoms with Crippen LogP contribution in [0.4, 0.5) is 0 Å². The predicted molar refractivity (Wildman–Crippen MR) is 144 cm³/mol. The number of hydrogen-bond donors (Lipinski definition) is 1. The highest BCUT2D eigenvalue weighted by Crippen LogP contribution is 2.32. The third kappa shape index (κ3) is 7.20. The molecule has 37 heavy (non-hydrogen) atoms. The molecule has 0 radical (unpaired) electrons. The number of para-hydroxylation sites is 1. The third-order valence-electron chi connectivity index (χ3n) is 6.03. The van der Waals surface area contributed by atoms with Crippen LogP contribution in [0.15, 0.2) is 84.9 Å². The number of ether oxygens (including phenoxy) is 3. The molecular formula is C30H35N3O4. The smallest absolute Gasteiger partial charge is 0.227 e. The molecule has 0 saturated heterocycles. The van der Waals surface area contributed by atoms with Crippen LogP contribution in [0, 0.1) is 6.92 Å². The lowest BCUT2D eigenvalue weighted by atomic mass is 10.1. The topological polar surface area (TPSA) is 69.0 Å². The minimum Gasteiger partial charge on any atom is -0.497 e. The van der Waals surface area contributed by atoms with Gasteiger partial charge >= 0.3 is 0 Å². The molecule has 194 valence electrons. The van der Waals surface area contributed by atoms with Crippen molar-refractivity contribution in [2.45, 2.75) is 33.0 Å². The van der Waals surface area contributed by atoms with E-state index in [1.807, 2.05) is 91.3 Å². The van der Waals surface area contributed by atoms with Crippen LogP contribution in [0.25, 0.3) is 5.69 Å². The van der Waals surface area contributed by atoms with Crippen molar-refractivity contribution < 1.29 is 19.3 Å². The summed E-state index contributed by atoms with van der Waals surface area (Å²) in [5.74, 6) is 2.09. The van der Waals surface area contributed by atoms with Crippen LogP contribution in [0.1, 0.15) is 23.7 Å². The van der Waals surface area contributed by atoms with Gasteiger partial charge in [0.15, 0.2) is 0 Å². The Hall–Kier alpha value is -3.65. The Morgan fingerprint density at radius 3 is 2.19 bits per heavy atom. The number of aromatic nitrogens is 2. The number of aliphatic hydroxyl groups is 1. The minimum atomic E-state index is -0.612. The molecule has 1 unspecified atom stereocenters. The SMILES string of the molecule is CCOCC(O)CN(Cc1ccccc1)Cc1c(C)nn(-c2ccccc2)c1Oc1ccc(OC)cc1. The van der Waals surface area contributed by atoms with E-state index >= 15 is 0 Å². The van der Waals surface area contributed by atoms with Gasteiger partial charge in [0.2, 0.25) is 5.88 Å². The molecule has 1 heterocycles. The zero-order valence-electron chi connectivity index (χ0n) is 21.7. The number of nitrogens with zero attached hydrogens (tertiary/aromatic N) is 3. The Labute approximate surface area is 218 Å². The van der Waals surface area contributed by atoms with E-state index in [1.54, 1.807) is 7.11 Å². The van der Waals surface area contributed by atoms with Crippen LogP contribution in [-0.4, -0.2) is 52.8 Å². The van der Waals surface area contributed by atoms with Crippen LogP contribution in [-0.2, 0) is 17.8 Å². The summed E-state index contributed by atoms with van der Waals surface area (Å²) in [6, 6.07) is 27.7. The number of methoxy groups -OCH3 is 1. The van der Waals surface area contributed by atoms with Crippen LogP contribution >= 0.6 is 0 Å². The number of rotatable bonds is 13. The van der Waals surface area contributed by atoms with E-state index in [-0.39, 0.29) is 0 Å². The van der Waals surface area contributed by atoms with E-state index in [2.05, 4.69) is 17.0 Å². The molecule has 3 aromatic carbocycles. The Morgan fingerprint density at radius 2 is 1.54 bits per heavy atom. The first-order chi connectivity index (χ1) is 18.1. The Bertz CT molecular complexity index is 1230. The first-order valence-corrected chi connectivity index (χ1v) is 12.5. The summed E-state index contributed by atoms with van der Waals surface area (Å²) < 4.78 is 19.1. The maximum Gasteiger partial charge on any atom is 0.227 e. The van der Waals surface area contributed by atoms with Crippen molar-refractivity contribution in [1.82, 2.24) is 14.7 Å². The van der Waals surface area contributed by atoms with Gasteiger partial charge in [-0.2, -0.15) is 5.10 Å². The maximum atomic E-state index is 10.7. The van der Waals surface area contributed by atoms with Gasteiger partial charge < -0.3 is 19.3 Å². The molecule has 0 aliphatic carbocycles. The van der Waals surface area contributed by atoms with Crippen LogP contribution in [0.3, 0.4) is 0 Å². The van der Waals surface area contributed by atoms with E-state index in [9.17, 15) is 5.11 Å². The molecule has 0 aliphatic heterocycles. The van der Waals surface area contributed by atoms with Crippen molar-refractivity contribution >= 4 is 0 Å². The molecule has 1 N–H and O–H groups in total. The second-order valence-electron chi connectivity index (χ2n) is 8.86. The maximum absolute atomic E-state index is 10.7. The monoisotopic (exact) mass is 501 g/mol. The summed E-state index contributed by atoms with van der Waals surface area (Å²) >= 11 is 0. The summed E-state index contributed by atoms with van der Waals surface area (Å²) in [5, 5.41) is 15.5. The van der Waals surface area contributed by atoms with Crippen LogP contribution in [0.5, 0.6) is 17.4 Å². The molecule has 0 bridgehead atoms. The fraction of sp³-hybridized carbons (Fsp3) is 0.300. The highest BCUT2D eigenvalue weighted by Gasteiger charge is 2.23. The third-order valence-corrected chi connectivity index (χ3v) is 6.03. The standard InChI is InChI=1S/C30H35N3O4/c1-4-36-22-26(34)20-32(19-24-11-7-5-8-12-24)21-29-23(2)31-33(25-13-9-6-10-14-25)30(29)37-28-17-15-27(35-3)16-18-28/h5-18,26,34H,4,19-22H2,1-3H3. The quantitative estimate of drug-likeness (QED) is 0.265. The van der Waals surface area contributed by atoms with Gasteiger partial charge in [0, 0.05) is 26.2 Å². The van der Waals surface area contributed by atoms with E-state index in [4.69, 9.17) is 19.3 Å². The molecule has 1 atom stereocenters. The number of hydrogen-bond acceptors (Lipinski definition) is 6. The van der Waals surface area contributed by atoms with Crippen molar-refractivity contribution in [3.05, 3.63) is 102 Å². The zero-order valence-corrected chi connectivity index (χ0v) is 21.7. The highest BCUT2D eigenvalue weighted by molar-refractivity contribution is 5.44. The first-order valence-electron chi connectivity index (χ1n) is 12.5. The van der Waals surface area contributed by atoms with Gasteiger partial charge in [0.25, 0.3) is 0 Å². The lowest BCUT2D eigenvalue weighted by Gasteiger charge is -2.25. The molecule has 0 amide bonds. The van der Waals surface area contributed by atoms with Gasteiger partial charge in [-0.1, -0.05) is 48.5 Å². The van der Waals surface area contributed by atoms with Crippen molar-refractivity contribution in [3.8, 4) is 23.1 Å². The molecule has 4 rings (SSSR count). The fourth-order valence-electron chi connectivity index (χ4n) is 4.18. The van der Waals surface area contributed by atoms with Crippen molar-refractivity contribution in [3.63, 3.8) is 0 Å². The molecule has 7 nitrogen and oxygen atoms in total. The lowest BCUT2D eigenvalue weighted by molar-refractivity contribution is 0.0178. The Morgan fingerprint density at radius 1 is 0.892 bits per heavy atom. The largest absolute Gasteiger partial charge is 0.497 e. The first kappa shape index (κ1) is 26.4. The van der Waals surface area contributed by atoms with E-state index in [0.29, 0.717) is 44.5 Å². The van der Waals surface area contributed by atoms with Crippen LogP contribution < -0.4 is 9.47 Å². The highest BCUT2D eigenvalue weighted by atomic mass is 16.5. The van der Waals surface area contributed by atoms with Crippen molar-refractivity contribution in [2.24, 2.45) is 0 Å². The van der Waals surface area contributed by atoms with Crippen molar-refractivity contribution in [1.29, 1.82) is 0 Å². The lowest BCUT2D eigenvalue weighted by Crippen LogP contribution is -2.34.